The lowest BCUT2D eigenvalue weighted by atomic mass is 10.1. The van der Waals surface area contributed by atoms with E-state index < -0.39 is 11.9 Å². The average Bonchev–Trinajstić information content (AvgIpc) is 3.17. The molecule has 0 amide bonds. The number of fused-ring (bicyclic) bond motifs is 1. The Hall–Kier alpha value is -2.66. The molecule has 1 aliphatic rings. The maximum absolute atomic E-state index is 12.8. The summed E-state index contributed by atoms with van der Waals surface area (Å²) in [5, 5.41) is 4.54. The number of alkyl halides is 3. The van der Waals surface area contributed by atoms with Crippen molar-refractivity contribution in [1.82, 2.24) is 19.9 Å². The summed E-state index contributed by atoms with van der Waals surface area (Å²) in [6.45, 7) is 3.70. The Bertz CT molecular complexity index is 1020. The maximum atomic E-state index is 12.8. The Morgan fingerprint density at radius 3 is 2.55 bits per heavy atom. The monoisotopic (exact) mass is 424 g/mol. The lowest BCUT2D eigenvalue weighted by Gasteiger charge is -2.34. The second-order valence-corrected chi connectivity index (χ2v) is 7.57. The van der Waals surface area contributed by atoms with Crippen molar-refractivity contribution in [1.29, 1.82) is 0 Å². The molecule has 3 heterocycles. The third-order valence-electron chi connectivity index (χ3n) is 4.79. The molecular weight excluding hydrogens is 405 g/mol. The molecule has 0 atom stereocenters. The van der Waals surface area contributed by atoms with E-state index in [1.54, 1.807) is 7.11 Å². The van der Waals surface area contributed by atoms with Crippen LogP contribution in [0.1, 0.15) is 5.69 Å². The van der Waals surface area contributed by atoms with Gasteiger partial charge in [-0.25, -0.2) is 15.0 Å². The van der Waals surface area contributed by atoms with Crippen LogP contribution in [-0.2, 0) is 6.18 Å². The fourth-order valence-corrected chi connectivity index (χ4v) is 3.92. The highest BCUT2D eigenvalue weighted by molar-refractivity contribution is 7.13. The van der Waals surface area contributed by atoms with E-state index in [0.29, 0.717) is 22.5 Å². The van der Waals surface area contributed by atoms with Gasteiger partial charge >= 0.3 is 6.18 Å². The fraction of sp³-hybridized carbons (Fsp3) is 0.389. The number of ether oxygens (including phenoxy) is 1. The number of hydrogen-bond donors (Lipinski definition) is 1. The molecule has 1 N–H and O–H groups in total. The minimum Gasteiger partial charge on any atom is -0.496 e. The van der Waals surface area contributed by atoms with E-state index in [2.05, 4.69) is 37.1 Å². The molecule has 0 saturated carbocycles. The van der Waals surface area contributed by atoms with Crippen molar-refractivity contribution in [2.45, 2.75) is 6.18 Å². The van der Waals surface area contributed by atoms with Crippen LogP contribution in [0.15, 0.2) is 23.8 Å². The number of hydrogen-bond acceptors (Lipinski definition) is 8. The number of nitrogens with zero attached hydrogens (tertiary/aromatic N) is 5. The minimum atomic E-state index is -4.49. The molecule has 1 aromatic carbocycles. The highest BCUT2D eigenvalue weighted by atomic mass is 32.1. The number of rotatable bonds is 4. The van der Waals surface area contributed by atoms with Gasteiger partial charge in [-0.2, -0.15) is 13.2 Å². The molecule has 2 aromatic heterocycles. The van der Waals surface area contributed by atoms with Crippen molar-refractivity contribution in [2.75, 3.05) is 50.6 Å². The van der Waals surface area contributed by atoms with E-state index in [9.17, 15) is 13.2 Å². The van der Waals surface area contributed by atoms with Crippen molar-refractivity contribution in [3.63, 3.8) is 0 Å². The number of nitrogens with one attached hydrogen (secondary N) is 1. The van der Waals surface area contributed by atoms with Crippen LogP contribution in [0.2, 0.25) is 0 Å². The summed E-state index contributed by atoms with van der Waals surface area (Å²) < 4.78 is 44.0. The number of benzene rings is 1. The van der Waals surface area contributed by atoms with Gasteiger partial charge in [0.1, 0.15) is 17.9 Å². The van der Waals surface area contributed by atoms with Crippen LogP contribution in [0.4, 0.5) is 29.8 Å². The first-order valence-electron chi connectivity index (χ1n) is 8.91. The second kappa shape index (κ2) is 7.64. The van der Waals surface area contributed by atoms with Gasteiger partial charge in [-0.3, -0.25) is 0 Å². The molecular formula is C18H19F3N6OS. The smallest absolute Gasteiger partial charge is 0.434 e. The number of halogens is 3. The molecule has 11 heteroatoms. The van der Waals surface area contributed by atoms with Crippen molar-refractivity contribution in [3.8, 4) is 5.75 Å². The summed E-state index contributed by atoms with van der Waals surface area (Å²) in [5.41, 5.74) is 0.691. The largest absolute Gasteiger partial charge is 0.496 e. The molecule has 154 valence electrons. The minimum absolute atomic E-state index is 0.0996. The van der Waals surface area contributed by atoms with Crippen molar-refractivity contribution >= 4 is 38.9 Å². The Morgan fingerprint density at radius 1 is 1.14 bits per heavy atom. The first-order chi connectivity index (χ1) is 13.8. The van der Waals surface area contributed by atoms with Crippen LogP contribution in [0, 0.1) is 0 Å². The number of thiazole rings is 1. The molecule has 29 heavy (non-hydrogen) atoms. The molecule has 1 fully saturated rings. The number of methoxy groups -OCH3 is 1. The van der Waals surface area contributed by atoms with Gasteiger partial charge in [-0.15, -0.1) is 11.3 Å². The number of aromatic nitrogens is 3. The number of anilines is 3. The van der Waals surface area contributed by atoms with E-state index in [4.69, 9.17) is 4.74 Å². The van der Waals surface area contributed by atoms with Crippen LogP contribution in [0.3, 0.4) is 0 Å². The molecule has 4 rings (SSSR count). The maximum Gasteiger partial charge on any atom is 0.434 e. The third-order valence-corrected chi connectivity index (χ3v) is 5.55. The molecule has 1 saturated heterocycles. The Labute approximate surface area is 169 Å². The summed E-state index contributed by atoms with van der Waals surface area (Å²) in [6, 6.07) is 3.85. The second-order valence-electron chi connectivity index (χ2n) is 6.72. The topological polar surface area (TPSA) is 66.4 Å². The van der Waals surface area contributed by atoms with Gasteiger partial charge in [0.2, 0.25) is 0 Å². The van der Waals surface area contributed by atoms with Crippen LogP contribution >= 0.6 is 11.3 Å². The van der Waals surface area contributed by atoms with E-state index in [0.717, 1.165) is 48.6 Å². The molecule has 7 nitrogen and oxygen atoms in total. The Balaban J connectivity index is 1.69. The average molecular weight is 424 g/mol. The first-order valence-corrected chi connectivity index (χ1v) is 9.79. The Morgan fingerprint density at radius 2 is 1.90 bits per heavy atom. The molecule has 0 bridgehead atoms. The number of likely N-dealkylation sites (N-methyl/N-ethyl adjacent to an activating group) is 1. The molecule has 3 aromatic rings. The lowest BCUT2D eigenvalue weighted by Crippen LogP contribution is -2.44. The molecule has 1 aliphatic heterocycles. The van der Waals surface area contributed by atoms with Gasteiger partial charge in [0.05, 0.1) is 18.0 Å². The molecule has 0 radical (unpaired) electrons. The van der Waals surface area contributed by atoms with Gasteiger partial charge in [0.25, 0.3) is 0 Å². The normalized spacial score (nSPS) is 15.7. The summed E-state index contributed by atoms with van der Waals surface area (Å²) >= 11 is 0.863. The zero-order chi connectivity index (χ0) is 20.6. The lowest BCUT2D eigenvalue weighted by molar-refractivity contribution is -0.140. The first kappa shape index (κ1) is 19.6. The van der Waals surface area contributed by atoms with Gasteiger partial charge in [0.15, 0.2) is 10.8 Å². The fourth-order valence-electron chi connectivity index (χ4n) is 3.21. The summed E-state index contributed by atoms with van der Waals surface area (Å²) in [7, 11) is 3.64. The van der Waals surface area contributed by atoms with E-state index >= 15 is 0 Å². The zero-order valence-corrected chi connectivity index (χ0v) is 16.6. The highest BCUT2D eigenvalue weighted by Gasteiger charge is 2.33. The van der Waals surface area contributed by atoms with Gasteiger partial charge in [0, 0.05) is 43.3 Å². The third kappa shape index (κ3) is 4.06. The zero-order valence-electron chi connectivity index (χ0n) is 15.8. The van der Waals surface area contributed by atoms with Crippen LogP contribution in [0.5, 0.6) is 5.75 Å². The SMILES string of the molecule is COc1cc(N2CCN(C)CC2)cc2ncnc(Nc3nc(C(F)(F)F)cs3)c12. The van der Waals surface area contributed by atoms with Gasteiger partial charge < -0.3 is 19.9 Å². The quantitative estimate of drug-likeness (QED) is 0.686. The molecule has 0 aliphatic carbocycles. The van der Waals surface area contributed by atoms with Gasteiger partial charge in [-0.05, 0) is 13.1 Å². The standard InChI is InChI=1S/C18H19F3N6OS/c1-26-3-5-27(6-4-26)11-7-12-15(13(8-11)28-2)16(23-10-22-12)25-17-24-14(9-29-17)18(19,20)21/h7-10H,3-6H2,1-2H3,(H,22,23,24,25). The van der Waals surface area contributed by atoms with Crippen molar-refractivity contribution < 1.29 is 17.9 Å². The predicted molar refractivity (Wildman–Crippen MR) is 106 cm³/mol. The van der Waals surface area contributed by atoms with E-state index in [1.165, 1.54) is 6.33 Å². The summed E-state index contributed by atoms with van der Waals surface area (Å²) in [6.07, 6.45) is -3.12. The Kier molecular flexibility index (Phi) is 5.17. The van der Waals surface area contributed by atoms with Gasteiger partial charge in [-0.1, -0.05) is 0 Å². The summed E-state index contributed by atoms with van der Waals surface area (Å²) in [5.74, 6) is 0.895. The number of piperazine rings is 1. The van der Waals surface area contributed by atoms with Crippen molar-refractivity contribution in [3.05, 3.63) is 29.5 Å². The molecule has 0 unspecified atom stereocenters. The highest BCUT2D eigenvalue weighted by Crippen LogP contribution is 2.37. The van der Waals surface area contributed by atoms with E-state index in [-0.39, 0.29) is 5.13 Å². The summed E-state index contributed by atoms with van der Waals surface area (Å²) in [4.78, 5) is 16.7. The van der Waals surface area contributed by atoms with Crippen molar-refractivity contribution in [2.24, 2.45) is 0 Å². The van der Waals surface area contributed by atoms with Crippen LogP contribution in [-0.4, -0.2) is 60.2 Å². The van der Waals surface area contributed by atoms with Crippen LogP contribution in [0.25, 0.3) is 10.9 Å². The molecule has 0 spiro atoms. The van der Waals surface area contributed by atoms with E-state index in [1.807, 2.05) is 12.1 Å². The predicted octanol–water partition coefficient (Wildman–Crippen LogP) is 3.61. The van der Waals surface area contributed by atoms with Crippen LogP contribution < -0.4 is 15.0 Å².